The van der Waals surface area contributed by atoms with E-state index in [2.05, 4.69) is 66.4 Å². The summed E-state index contributed by atoms with van der Waals surface area (Å²) in [5, 5.41) is 8.85. The molecular weight excluding hydrogens is 434 g/mol. The SMILES string of the molecule is CC1CCN(C2CCC(OCc3ccc(-c4ccccc4)cc3)C2CC/C=C/CCC(=O)O)CC1. The number of aliphatic carboxylic acids is 1. The molecule has 0 amide bonds. The van der Waals surface area contributed by atoms with Crippen LogP contribution in [0.1, 0.15) is 63.9 Å². The van der Waals surface area contributed by atoms with E-state index in [1.807, 2.05) is 12.1 Å². The summed E-state index contributed by atoms with van der Waals surface area (Å²) in [5.41, 5.74) is 3.71. The lowest BCUT2D eigenvalue weighted by atomic mass is 9.91. The first-order chi connectivity index (χ1) is 17.1. The number of carboxylic acids is 1. The van der Waals surface area contributed by atoms with E-state index in [0.29, 0.717) is 31.1 Å². The number of allylic oxidation sites excluding steroid dienone is 2. The van der Waals surface area contributed by atoms with Gasteiger partial charge in [0.25, 0.3) is 0 Å². The highest BCUT2D eigenvalue weighted by Crippen LogP contribution is 2.38. The molecule has 1 heterocycles. The highest BCUT2D eigenvalue weighted by atomic mass is 16.5. The molecule has 2 aromatic carbocycles. The molecule has 0 radical (unpaired) electrons. The van der Waals surface area contributed by atoms with Crippen LogP contribution in [0.4, 0.5) is 0 Å². The zero-order valence-corrected chi connectivity index (χ0v) is 21.1. The van der Waals surface area contributed by atoms with Gasteiger partial charge in [0.05, 0.1) is 12.7 Å². The number of rotatable bonds is 11. The van der Waals surface area contributed by atoms with Crippen LogP contribution in [0.5, 0.6) is 0 Å². The molecule has 2 aliphatic rings. The molecule has 0 spiro atoms. The second kappa shape index (κ2) is 13.0. The van der Waals surface area contributed by atoms with Crippen LogP contribution in [0.15, 0.2) is 66.7 Å². The molecule has 3 unspecified atom stereocenters. The fourth-order valence-corrected chi connectivity index (χ4v) is 5.77. The van der Waals surface area contributed by atoms with Gasteiger partial charge in [-0.2, -0.15) is 0 Å². The smallest absolute Gasteiger partial charge is 0.303 e. The highest BCUT2D eigenvalue weighted by Gasteiger charge is 2.40. The van der Waals surface area contributed by atoms with E-state index in [9.17, 15) is 4.79 Å². The van der Waals surface area contributed by atoms with Crippen LogP contribution < -0.4 is 0 Å². The molecule has 1 aliphatic carbocycles. The predicted molar refractivity (Wildman–Crippen MR) is 142 cm³/mol. The van der Waals surface area contributed by atoms with Gasteiger partial charge >= 0.3 is 5.97 Å². The maximum absolute atomic E-state index is 10.7. The first kappa shape index (κ1) is 25.7. The lowest BCUT2D eigenvalue weighted by molar-refractivity contribution is -0.136. The number of likely N-dealkylation sites (tertiary alicyclic amines) is 1. The molecule has 1 N–H and O–H groups in total. The number of ether oxygens (including phenoxy) is 1. The van der Waals surface area contributed by atoms with Crippen molar-refractivity contribution in [1.82, 2.24) is 4.90 Å². The Morgan fingerprint density at radius 3 is 2.34 bits per heavy atom. The lowest BCUT2D eigenvalue weighted by Crippen LogP contribution is -2.44. The van der Waals surface area contributed by atoms with E-state index < -0.39 is 5.97 Å². The van der Waals surface area contributed by atoms with Gasteiger partial charge in [-0.3, -0.25) is 9.69 Å². The first-order valence-corrected chi connectivity index (χ1v) is 13.5. The molecule has 4 rings (SSSR count). The second-order valence-corrected chi connectivity index (χ2v) is 10.4. The van der Waals surface area contributed by atoms with Crippen molar-refractivity contribution in [1.29, 1.82) is 0 Å². The molecular formula is C31H41NO3. The summed E-state index contributed by atoms with van der Waals surface area (Å²) in [5.74, 6) is 0.653. The van der Waals surface area contributed by atoms with E-state index in [-0.39, 0.29) is 6.42 Å². The van der Waals surface area contributed by atoms with Crippen molar-refractivity contribution in [3.8, 4) is 11.1 Å². The Bertz CT molecular complexity index is 931. The van der Waals surface area contributed by atoms with Crippen LogP contribution >= 0.6 is 0 Å². The number of piperidine rings is 1. The Morgan fingerprint density at radius 1 is 0.943 bits per heavy atom. The number of carboxylic acid groups (broad SMARTS) is 1. The monoisotopic (exact) mass is 475 g/mol. The first-order valence-electron chi connectivity index (χ1n) is 13.5. The standard InChI is InChI=1S/C31H41NO3/c1-24-19-21-32(22-20-24)29-17-18-30(28(29)11-7-2-3-8-12-31(33)34)35-23-25-13-15-27(16-14-25)26-9-5-4-6-10-26/h2-6,9-10,13-16,24,28-30H,7-8,11-12,17-23H2,1H3,(H,33,34)/b3-2+. The number of hydrogen-bond acceptors (Lipinski definition) is 3. The normalized spacial score (nSPS) is 23.7. The van der Waals surface area contributed by atoms with Crippen LogP contribution in [-0.4, -0.2) is 41.2 Å². The molecule has 3 atom stereocenters. The van der Waals surface area contributed by atoms with Crippen LogP contribution in [0, 0.1) is 11.8 Å². The van der Waals surface area contributed by atoms with Crippen molar-refractivity contribution in [2.24, 2.45) is 11.8 Å². The maximum Gasteiger partial charge on any atom is 0.303 e. The summed E-state index contributed by atoms with van der Waals surface area (Å²) >= 11 is 0. The van der Waals surface area contributed by atoms with Crippen molar-refractivity contribution in [2.45, 2.75) is 77.0 Å². The summed E-state index contributed by atoms with van der Waals surface area (Å²) in [4.78, 5) is 13.5. The van der Waals surface area contributed by atoms with Gasteiger partial charge < -0.3 is 9.84 Å². The van der Waals surface area contributed by atoms with Crippen LogP contribution in [0.2, 0.25) is 0 Å². The van der Waals surface area contributed by atoms with Crippen molar-refractivity contribution in [3.05, 3.63) is 72.3 Å². The van der Waals surface area contributed by atoms with Crippen molar-refractivity contribution in [2.75, 3.05) is 13.1 Å². The van der Waals surface area contributed by atoms with E-state index in [0.717, 1.165) is 25.2 Å². The summed E-state index contributed by atoms with van der Waals surface area (Å²) in [7, 11) is 0. The van der Waals surface area contributed by atoms with Crippen molar-refractivity contribution in [3.63, 3.8) is 0 Å². The second-order valence-electron chi connectivity index (χ2n) is 10.4. The molecule has 188 valence electrons. The van der Waals surface area contributed by atoms with E-state index >= 15 is 0 Å². The van der Waals surface area contributed by atoms with Crippen molar-refractivity contribution < 1.29 is 14.6 Å². The van der Waals surface area contributed by atoms with Gasteiger partial charge in [0.2, 0.25) is 0 Å². The third-order valence-electron chi connectivity index (χ3n) is 7.89. The van der Waals surface area contributed by atoms with Gasteiger partial charge in [-0.1, -0.05) is 73.7 Å². The molecule has 1 saturated carbocycles. The minimum atomic E-state index is -0.727. The highest BCUT2D eigenvalue weighted by molar-refractivity contribution is 5.66. The summed E-state index contributed by atoms with van der Waals surface area (Å²) < 4.78 is 6.57. The number of hydrogen-bond donors (Lipinski definition) is 1. The average Bonchev–Trinajstić information content (AvgIpc) is 3.28. The molecule has 1 saturated heterocycles. The molecule has 4 heteroatoms. The van der Waals surface area contributed by atoms with Crippen LogP contribution in [0.25, 0.3) is 11.1 Å². The summed E-state index contributed by atoms with van der Waals surface area (Å²) in [6.45, 7) is 5.46. The number of nitrogens with zero attached hydrogens (tertiary/aromatic N) is 1. The fraction of sp³-hybridized carbons (Fsp3) is 0.516. The van der Waals surface area contributed by atoms with Crippen LogP contribution in [-0.2, 0) is 16.1 Å². The van der Waals surface area contributed by atoms with Crippen molar-refractivity contribution >= 4 is 5.97 Å². The predicted octanol–water partition coefficient (Wildman–Crippen LogP) is 6.95. The Kier molecular flexibility index (Phi) is 9.56. The fourth-order valence-electron chi connectivity index (χ4n) is 5.77. The number of carbonyl (C=O) groups is 1. The quantitative estimate of drug-likeness (QED) is 0.357. The zero-order chi connectivity index (χ0) is 24.5. The Morgan fingerprint density at radius 2 is 1.63 bits per heavy atom. The third-order valence-corrected chi connectivity index (χ3v) is 7.89. The summed E-state index contributed by atoms with van der Waals surface area (Å²) in [6.07, 6.45) is 12.4. The molecule has 0 aromatic heterocycles. The number of benzene rings is 2. The van der Waals surface area contributed by atoms with Gasteiger partial charge in [-0.05, 0) is 80.6 Å². The van der Waals surface area contributed by atoms with E-state index in [4.69, 9.17) is 9.84 Å². The molecule has 2 aromatic rings. The van der Waals surface area contributed by atoms with E-state index in [1.165, 1.54) is 49.0 Å². The topological polar surface area (TPSA) is 49.8 Å². The molecule has 35 heavy (non-hydrogen) atoms. The minimum Gasteiger partial charge on any atom is -0.481 e. The van der Waals surface area contributed by atoms with Crippen LogP contribution in [0.3, 0.4) is 0 Å². The van der Waals surface area contributed by atoms with Gasteiger partial charge in [0.15, 0.2) is 0 Å². The summed E-state index contributed by atoms with van der Waals surface area (Å²) in [6, 6.07) is 19.9. The zero-order valence-electron chi connectivity index (χ0n) is 21.1. The molecule has 2 fully saturated rings. The largest absolute Gasteiger partial charge is 0.481 e. The van der Waals surface area contributed by atoms with Gasteiger partial charge in [0, 0.05) is 18.4 Å². The maximum atomic E-state index is 10.7. The molecule has 0 bridgehead atoms. The van der Waals surface area contributed by atoms with E-state index in [1.54, 1.807) is 0 Å². The molecule has 4 nitrogen and oxygen atoms in total. The Hall–Kier alpha value is -2.43. The van der Waals surface area contributed by atoms with Gasteiger partial charge in [-0.15, -0.1) is 0 Å². The van der Waals surface area contributed by atoms with Gasteiger partial charge in [0.1, 0.15) is 0 Å². The molecule has 1 aliphatic heterocycles. The minimum absolute atomic E-state index is 0.212. The third kappa shape index (κ3) is 7.52. The van der Waals surface area contributed by atoms with Gasteiger partial charge in [-0.25, -0.2) is 0 Å². The average molecular weight is 476 g/mol. The Labute approximate surface area is 211 Å². The Balaban J connectivity index is 1.34. The lowest BCUT2D eigenvalue weighted by Gasteiger charge is -2.38.